The lowest BCUT2D eigenvalue weighted by Crippen LogP contribution is -2.19. The highest BCUT2D eigenvalue weighted by Gasteiger charge is 2.10. The third kappa shape index (κ3) is 3.69. The number of benzene rings is 2. The Morgan fingerprint density at radius 3 is 2.57 bits per heavy atom. The molecule has 0 atom stereocenters. The van der Waals surface area contributed by atoms with Gasteiger partial charge in [0.05, 0.1) is 12.3 Å². The first-order valence-electron chi connectivity index (χ1n) is 6.76. The van der Waals surface area contributed by atoms with Crippen molar-refractivity contribution in [2.75, 3.05) is 6.61 Å². The molecular weight excluding hydrogens is 266 g/mol. The molecule has 4 heteroatoms. The van der Waals surface area contributed by atoms with Crippen LogP contribution in [-0.2, 0) is 14.3 Å². The number of fused-ring (bicyclic) bond motifs is 1. The molecule has 1 amide bonds. The van der Waals surface area contributed by atoms with Crippen molar-refractivity contribution in [3.05, 3.63) is 54.1 Å². The second-order valence-electron chi connectivity index (χ2n) is 4.52. The average Bonchev–Trinajstić information content (AvgIpc) is 2.46. The molecule has 0 heterocycles. The van der Waals surface area contributed by atoms with Crippen LogP contribution in [0.25, 0.3) is 16.5 Å². The zero-order chi connectivity index (χ0) is 15.2. The molecule has 0 saturated carbocycles. The third-order valence-corrected chi connectivity index (χ3v) is 2.94. The summed E-state index contributed by atoms with van der Waals surface area (Å²) in [7, 11) is 0. The lowest BCUT2D eigenvalue weighted by molar-refractivity contribution is -0.137. The number of carbonyl (C=O) groups is 2. The summed E-state index contributed by atoms with van der Waals surface area (Å²) in [4.78, 5) is 23.1. The molecule has 21 heavy (non-hydrogen) atoms. The van der Waals surface area contributed by atoms with Gasteiger partial charge < -0.3 is 10.1 Å². The summed E-state index contributed by atoms with van der Waals surface area (Å²) in [6, 6.07) is 13.5. The zero-order valence-corrected chi connectivity index (χ0v) is 12.1. The molecule has 2 aromatic carbocycles. The van der Waals surface area contributed by atoms with Crippen LogP contribution in [0.4, 0.5) is 0 Å². The zero-order valence-electron chi connectivity index (χ0n) is 12.1. The first-order valence-corrected chi connectivity index (χ1v) is 6.76. The minimum atomic E-state index is -0.478. The molecule has 0 fully saturated rings. The predicted molar refractivity (Wildman–Crippen MR) is 82.4 cm³/mol. The van der Waals surface area contributed by atoms with E-state index in [4.69, 9.17) is 4.74 Å². The van der Waals surface area contributed by atoms with Gasteiger partial charge >= 0.3 is 5.97 Å². The summed E-state index contributed by atoms with van der Waals surface area (Å²) < 4.78 is 4.92. The Labute approximate surface area is 123 Å². The number of nitrogens with one attached hydrogen (secondary N) is 1. The summed E-state index contributed by atoms with van der Waals surface area (Å²) in [5, 5.41) is 4.70. The van der Waals surface area contributed by atoms with Crippen molar-refractivity contribution in [2.24, 2.45) is 0 Å². The van der Waals surface area contributed by atoms with Crippen LogP contribution in [0.2, 0.25) is 0 Å². The molecule has 0 saturated heterocycles. The van der Waals surface area contributed by atoms with E-state index in [2.05, 4.69) is 5.32 Å². The lowest BCUT2D eigenvalue weighted by Gasteiger charge is -2.11. The largest absolute Gasteiger partial charge is 0.463 e. The van der Waals surface area contributed by atoms with Gasteiger partial charge in [-0.05, 0) is 17.7 Å². The van der Waals surface area contributed by atoms with E-state index in [1.165, 1.54) is 13.0 Å². The first-order chi connectivity index (χ1) is 10.1. The van der Waals surface area contributed by atoms with Crippen LogP contribution in [0.1, 0.15) is 19.4 Å². The number of hydrogen-bond donors (Lipinski definition) is 1. The van der Waals surface area contributed by atoms with E-state index >= 15 is 0 Å². The molecule has 0 aliphatic heterocycles. The van der Waals surface area contributed by atoms with Crippen molar-refractivity contribution in [1.82, 2.24) is 5.32 Å². The van der Waals surface area contributed by atoms with Crippen molar-refractivity contribution in [2.45, 2.75) is 13.8 Å². The summed E-state index contributed by atoms with van der Waals surface area (Å²) in [5.41, 5.74) is 1.23. The second-order valence-corrected chi connectivity index (χ2v) is 4.52. The smallest absolute Gasteiger partial charge is 0.332 e. The molecule has 0 aromatic heterocycles. The van der Waals surface area contributed by atoms with Crippen LogP contribution >= 0.6 is 0 Å². The highest BCUT2D eigenvalue weighted by molar-refractivity contribution is 6.01. The van der Waals surface area contributed by atoms with Gasteiger partial charge in [-0.3, -0.25) is 4.79 Å². The van der Waals surface area contributed by atoms with Gasteiger partial charge in [-0.1, -0.05) is 42.5 Å². The Morgan fingerprint density at radius 2 is 1.86 bits per heavy atom. The van der Waals surface area contributed by atoms with Crippen molar-refractivity contribution >= 4 is 28.3 Å². The molecule has 0 aliphatic carbocycles. The van der Waals surface area contributed by atoms with Crippen LogP contribution in [0, 0.1) is 0 Å². The van der Waals surface area contributed by atoms with E-state index in [0.717, 1.165) is 16.3 Å². The van der Waals surface area contributed by atoms with Gasteiger partial charge in [0.2, 0.25) is 5.91 Å². The van der Waals surface area contributed by atoms with Gasteiger partial charge in [-0.15, -0.1) is 0 Å². The van der Waals surface area contributed by atoms with Crippen LogP contribution in [0.3, 0.4) is 0 Å². The highest BCUT2D eigenvalue weighted by atomic mass is 16.5. The van der Waals surface area contributed by atoms with Gasteiger partial charge in [0.15, 0.2) is 0 Å². The van der Waals surface area contributed by atoms with Gasteiger partial charge in [-0.25, -0.2) is 4.79 Å². The Balaban J connectivity index is 2.53. The molecule has 0 aliphatic rings. The maximum Gasteiger partial charge on any atom is 0.332 e. The summed E-state index contributed by atoms with van der Waals surface area (Å²) in [6.45, 7) is 3.43. The van der Waals surface area contributed by atoms with E-state index < -0.39 is 5.97 Å². The van der Waals surface area contributed by atoms with Crippen molar-refractivity contribution in [3.8, 4) is 0 Å². The number of hydrogen-bond acceptors (Lipinski definition) is 3. The average molecular weight is 283 g/mol. The monoisotopic (exact) mass is 283 g/mol. The fourth-order valence-corrected chi connectivity index (χ4v) is 2.13. The maximum atomic E-state index is 11.7. The fourth-order valence-electron chi connectivity index (χ4n) is 2.13. The molecule has 1 N–H and O–H groups in total. The van der Waals surface area contributed by atoms with Gasteiger partial charge in [-0.2, -0.15) is 0 Å². The minimum absolute atomic E-state index is 0.238. The number of ether oxygens (including phenoxy) is 1. The quantitative estimate of drug-likeness (QED) is 0.693. The molecule has 108 valence electrons. The van der Waals surface area contributed by atoms with Gasteiger partial charge in [0, 0.05) is 18.6 Å². The molecule has 0 bridgehead atoms. The standard InChI is InChI=1S/C17H17NO3/c1-3-21-17(20)11-16(18-12(2)19)15-10-6-8-13-7-4-5-9-14(13)15/h4-11H,3H2,1-2H3,(H,18,19)/b16-11+. The molecule has 0 spiro atoms. The molecule has 2 aromatic rings. The number of esters is 1. The predicted octanol–water partition coefficient (Wildman–Crippen LogP) is 2.88. The Morgan fingerprint density at radius 1 is 1.14 bits per heavy atom. The van der Waals surface area contributed by atoms with E-state index in [0.29, 0.717) is 5.70 Å². The highest BCUT2D eigenvalue weighted by Crippen LogP contribution is 2.23. The first kappa shape index (κ1) is 14.8. The number of carbonyl (C=O) groups excluding carboxylic acids is 2. The Kier molecular flexibility index (Phi) is 4.72. The fraction of sp³-hybridized carbons (Fsp3) is 0.176. The van der Waals surface area contributed by atoms with Gasteiger partial charge in [0.25, 0.3) is 0 Å². The molecule has 0 unspecified atom stereocenters. The molecule has 2 rings (SSSR count). The van der Waals surface area contributed by atoms with Crippen molar-refractivity contribution < 1.29 is 14.3 Å². The van der Waals surface area contributed by atoms with E-state index in [1.807, 2.05) is 42.5 Å². The summed E-state index contributed by atoms with van der Waals surface area (Å²) in [6.07, 6.45) is 1.31. The Bertz CT molecular complexity index is 699. The third-order valence-electron chi connectivity index (χ3n) is 2.94. The topological polar surface area (TPSA) is 55.4 Å². The van der Waals surface area contributed by atoms with Gasteiger partial charge in [0.1, 0.15) is 0 Å². The summed E-state index contributed by atoms with van der Waals surface area (Å²) >= 11 is 0. The number of rotatable bonds is 4. The molecular formula is C17H17NO3. The van der Waals surface area contributed by atoms with Crippen LogP contribution < -0.4 is 5.32 Å². The van der Waals surface area contributed by atoms with E-state index in [1.54, 1.807) is 6.92 Å². The van der Waals surface area contributed by atoms with E-state index in [9.17, 15) is 9.59 Å². The maximum absolute atomic E-state index is 11.7. The minimum Gasteiger partial charge on any atom is -0.463 e. The lowest BCUT2D eigenvalue weighted by atomic mass is 10.0. The molecule has 0 radical (unpaired) electrons. The normalized spacial score (nSPS) is 11.2. The van der Waals surface area contributed by atoms with Crippen molar-refractivity contribution in [3.63, 3.8) is 0 Å². The summed E-state index contributed by atoms with van der Waals surface area (Å²) in [5.74, 6) is -0.715. The second kappa shape index (κ2) is 6.70. The van der Waals surface area contributed by atoms with Crippen LogP contribution in [0.15, 0.2) is 48.5 Å². The van der Waals surface area contributed by atoms with Crippen LogP contribution in [0.5, 0.6) is 0 Å². The molecule has 4 nitrogen and oxygen atoms in total. The number of amides is 1. The van der Waals surface area contributed by atoms with Crippen LogP contribution in [-0.4, -0.2) is 18.5 Å². The van der Waals surface area contributed by atoms with E-state index in [-0.39, 0.29) is 12.5 Å². The van der Waals surface area contributed by atoms with Crippen molar-refractivity contribution in [1.29, 1.82) is 0 Å². The SMILES string of the molecule is CCOC(=O)/C=C(/NC(C)=O)c1cccc2ccccc12. The Hall–Kier alpha value is -2.62.